The van der Waals surface area contributed by atoms with Crippen molar-refractivity contribution < 1.29 is 0 Å². The van der Waals surface area contributed by atoms with Gasteiger partial charge in [-0.05, 0) is 192 Å². The average Bonchev–Trinajstić information content (AvgIpc) is 3.94. The molecule has 0 N–H and O–H groups in total. The molecule has 11 aromatic carbocycles. The Kier molecular flexibility index (Phi) is 11.7. The van der Waals surface area contributed by atoms with E-state index in [-0.39, 0.29) is 0 Å². The quantitative estimate of drug-likeness (QED) is 0.129. The molecule has 0 saturated heterocycles. The number of hydrogen-bond acceptors (Lipinski definition) is 0. The molecule has 0 spiro atoms. The molecule has 0 amide bonds. The minimum Gasteiger partial charge on any atom is -0.309 e. The van der Waals surface area contributed by atoms with Crippen molar-refractivity contribution >= 4 is 43.6 Å². The maximum absolute atomic E-state index is 2.48. The van der Waals surface area contributed by atoms with Crippen LogP contribution in [0.25, 0.3) is 111 Å². The van der Waals surface area contributed by atoms with Crippen LogP contribution < -0.4 is 0 Å². The Morgan fingerprint density at radius 1 is 0.250 bits per heavy atom. The number of rotatable bonds is 10. The molecule has 0 bridgehead atoms. The first-order chi connectivity index (χ1) is 37.1. The monoisotopic (exact) mass is 976 g/mol. The van der Waals surface area contributed by atoms with Crippen LogP contribution in [0.5, 0.6) is 0 Å². The van der Waals surface area contributed by atoms with Gasteiger partial charge in [-0.3, -0.25) is 0 Å². The van der Waals surface area contributed by atoms with Crippen molar-refractivity contribution in [3.63, 3.8) is 0 Å². The predicted octanol–water partition coefficient (Wildman–Crippen LogP) is 19.9. The molecule has 0 aliphatic carbocycles. The van der Waals surface area contributed by atoms with Crippen molar-refractivity contribution in [1.82, 2.24) is 9.13 Å². The number of nitrogens with zero attached hydrogens (tertiary/aromatic N) is 2. The topological polar surface area (TPSA) is 9.86 Å². The Morgan fingerprint density at radius 2 is 0.618 bits per heavy atom. The molecule has 2 heteroatoms. The second-order valence-electron chi connectivity index (χ2n) is 21.3. The maximum atomic E-state index is 2.48. The molecular formula is C74H60N2. The Morgan fingerprint density at radius 3 is 1.14 bits per heavy atom. The summed E-state index contributed by atoms with van der Waals surface area (Å²) in [6, 6.07) is 86.2. The van der Waals surface area contributed by atoms with Crippen LogP contribution in [0.3, 0.4) is 0 Å². The minimum absolute atomic E-state index is 0.973. The van der Waals surface area contributed by atoms with E-state index in [2.05, 4.69) is 281 Å². The van der Waals surface area contributed by atoms with Crippen LogP contribution in [-0.4, -0.2) is 9.13 Å². The van der Waals surface area contributed by atoms with E-state index in [0.29, 0.717) is 0 Å². The summed E-state index contributed by atoms with van der Waals surface area (Å²) < 4.78 is 4.93. The van der Waals surface area contributed by atoms with Gasteiger partial charge in [-0.25, -0.2) is 0 Å². The molecule has 0 unspecified atom stereocenters. The van der Waals surface area contributed by atoms with Crippen molar-refractivity contribution in [2.24, 2.45) is 0 Å². The fraction of sp³-hybridized carbons (Fsp3) is 0.108. The summed E-state index contributed by atoms with van der Waals surface area (Å²) in [6.45, 7) is 13.4. The number of hydrogen-bond donors (Lipinski definition) is 0. The molecule has 0 aliphatic rings. The fourth-order valence-corrected chi connectivity index (χ4v) is 12.5. The minimum atomic E-state index is 0.973. The van der Waals surface area contributed by atoms with Crippen LogP contribution >= 0.6 is 0 Å². The lowest BCUT2D eigenvalue weighted by Gasteiger charge is -2.15. The van der Waals surface area contributed by atoms with Crippen LogP contribution in [0, 0.1) is 41.5 Å². The summed E-state index contributed by atoms with van der Waals surface area (Å²) in [4.78, 5) is 0. The number of benzene rings is 11. The van der Waals surface area contributed by atoms with Crippen LogP contribution in [0.2, 0.25) is 0 Å². The number of fused-ring (bicyclic) bond motifs is 6. The van der Waals surface area contributed by atoms with Crippen molar-refractivity contribution in [3.8, 4) is 67.0 Å². The van der Waals surface area contributed by atoms with Gasteiger partial charge in [0.25, 0.3) is 0 Å². The van der Waals surface area contributed by atoms with E-state index in [0.717, 1.165) is 18.5 Å². The third-order valence-corrected chi connectivity index (χ3v) is 16.0. The molecule has 0 radical (unpaired) electrons. The summed E-state index contributed by atoms with van der Waals surface area (Å²) in [6.07, 6.45) is 1.95. The first-order valence-corrected chi connectivity index (χ1v) is 26.8. The highest BCUT2D eigenvalue weighted by Crippen LogP contribution is 2.41. The lowest BCUT2D eigenvalue weighted by atomic mass is 9.91. The zero-order valence-electron chi connectivity index (χ0n) is 44.2. The fourth-order valence-electron chi connectivity index (χ4n) is 12.5. The van der Waals surface area contributed by atoms with Gasteiger partial charge in [0, 0.05) is 32.9 Å². The molecule has 76 heavy (non-hydrogen) atoms. The lowest BCUT2D eigenvalue weighted by molar-refractivity contribution is 0.956. The number of aromatic nitrogens is 2. The van der Waals surface area contributed by atoms with Gasteiger partial charge in [-0.15, -0.1) is 0 Å². The second-order valence-corrected chi connectivity index (χ2v) is 21.3. The van der Waals surface area contributed by atoms with E-state index >= 15 is 0 Å². The van der Waals surface area contributed by atoms with Crippen LogP contribution in [0.4, 0.5) is 0 Å². The molecule has 0 atom stereocenters. The number of para-hydroxylation sites is 1. The molecule has 0 aliphatic heterocycles. The Balaban J connectivity index is 0.800. The molecule has 2 aromatic heterocycles. The zero-order valence-corrected chi connectivity index (χ0v) is 44.2. The Bertz CT molecular complexity index is 4310. The molecule has 2 nitrogen and oxygen atoms in total. The van der Waals surface area contributed by atoms with Crippen molar-refractivity contribution in [2.75, 3.05) is 0 Å². The van der Waals surface area contributed by atoms with Gasteiger partial charge in [0.05, 0.1) is 22.1 Å². The third-order valence-electron chi connectivity index (χ3n) is 16.0. The Hall–Kier alpha value is -8.98. The third kappa shape index (κ3) is 8.41. The van der Waals surface area contributed by atoms with E-state index in [1.165, 1.54) is 149 Å². The van der Waals surface area contributed by atoms with Crippen LogP contribution in [-0.2, 0) is 12.8 Å². The Labute approximate surface area is 446 Å². The first kappa shape index (κ1) is 46.8. The molecule has 366 valence electrons. The van der Waals surface area contributed by atoms with E-state index in [9.17, 15) is 0 Å². The highest BCUT2D eigenvalue weighted by atomic mass is 15.0. The standard InChI is InChI=1S/C74H60N2/c1-47-20-26-56(27-21-47)59-30-35-66-68-37-33-62(46-72(68)76(70(66)44-59)64-19-13-16-58(42-64)55-14-9-7-10-15-55)74-51(5)40-54(41-52(74)6)23-22-53-24-28-57(29-25-53)60-31-34-65-67-36-32-61(73-49(3)38-48(2)39-50(73)4)45-71(67)75(69(65)43-60)63-17-11-8-12-18-63/h7-21,24-46H,22-23H2,1-6H3. The smallest absolute Gasteiger partial charge is 0.0547 e. The molecule has 2 heterocycles. The van der Waals surface area contributed by atoms with Crippen LogP contribution in [0.1, 0.15) is 44.5 Å². The van der Waals surface area contributed by atoms with E-state index in [1.54, 1.807) is 0 Å². The highest BCUT2D eigenvalue weighted by Gasteiger charge is 2.19. The molecule has 13 rings (SSSR count). The summed E-state index contributed by atoms with van der Waals surface area (Å²) in [5, 5.41) is 5.04. The summed E-state index contributed by atoms with van der Waals surface area (Å²) in [7, 11) is 0. The van der Waals surface area contributed by atoms with Gasteiger partial charge in [0.15, 0.2) is 0 Å². The molecule has 0 saturated carbocycles. The first-order valence-electron chi connectivity index (χ1n) is 26.8. The normalized spacial score (nSPS) is 11.7. The van der Waals surface area contributed by atoms with Gasteiger partial charge in [0.2, 0.25) is 0 Å². The maximum Gasteiger partial charge on any atom is 0.0547 e. The van der Waals surface area contributed by atoms with Gasteiger partial charge in [-0.1, -0.05) is 193 Å². The molecular weight excluding hydrogens is 917 g/mol. The SMILES string of the molecule is Cc1ccc(-c2ccc3c4ccc(-c5c(C)cc(CCc6ccc(-c7ccc8c9ccc(-c%10c(C)cc(C)cc%10C)cc9n(-c9ccccc9)c8c7)cc6)cc5C)cc4n(-c4cccc(-c5ccccc5)c4)c3c2)cc1. The second kappa shape index (κ2) is 19.1. The number of aryl methyl sites for hydroxylation is 8. The average molecular weight is 977 g/mol. The van der Waals surface area contributed by atoms with Crippen molar-refractivity contribution in [3.05, 3.63) is 275 Å². The molecule has 0 fully saturated rings. The largest absolute Gasteiger partial charge is 0.309 e. The lowest BCUT2D eigenvalue weighted by Crippen LogP contribution is -1.97. The van der Waals surface area contributed by atoms with Gasteiger partial charge >= 0.3 is 0 Å². The van der Waals surface area contributed by atoms with E-state index in [4.69, 9.17) is 0 Å². The van der Waals surface area contributed by atoms with E-state index < -0.39 is 0 Å². The van der Waals surface area contributed by atoms with Crippen molar-refractivity contribution in [2.45, 2.75) is 54.4 Å². The predicted molar refractivity (Wildman–Crippen MR) is 325 cm³/mol. The van der Waals surface area contributed by atoms with Gasteiger partial charge in [-0.2, -0.15) is 0 Å². The molecule has 13 aromatic rings. The van der Waals surface area contributed by atoms with Crippen molar-refractivity contribution in [1.29, 1.82) is 0 Å². The summed E-state index contributed by atoms with van der Waals surface area (Å²) >= 11 is 0. The summed E-state index contributed by atoms with van der Waals surface area (Å²) in [5.41, 5.74) is 30.1. The highest BCUT2D eigenvalue weighted by molar-refractivity contribution is 6.12. The summed E-state index contributed by atoms with van der Waals surface area (Å²) in [5.74, 6) is 0. The van der Waals surface area contributed by atoms with Gasteiger partial charge in [0.1, 0.15) is 0 Å². The van der Waals surface area contributed by atoms with Crippen LogP contribution in [0.15, 0.2) is 231 Å². The zero-order chi connectivity index (χ0) is 51.6. The van der Waals surface area contributed by atoms with E-state index in [1.807, 2.05) is 0 Å². The van der Waals surface area contributed by atoms with Gasteiger partial charge < -0.3 is 9.13 Å².